The van der Waals surface area contributed by atoms with Crippen LogP contribution in [-0.2, 0) is 6.54 Å². The van der Waals surface area contributed by atoms with Crippen molar-refractivity contribution in [1.82, 2.24) is 10.3 Å². The number of rotatable bonds is 6. The number of para-hydroxylation sites is 1. The first-order valence-corrected chi connectivity index (χ1v) is 7.00. The summed E-state index contributed by atoms with van der Waals surface area (Å²) in [6.45, 7) is 4.15. The molecule has 3 heteroatoms. The van der Waals surface area contributed by atoms with Crippen molar-refractivity contribution in [3.63, 3.8) is 0 Å². The predicted molar refractivity (Wildman–Crippen MR) is 82.7 cm³/mol. The van der Waals surface area contributed by atoms with E-state index in [1.165, 1.54) is 23.8 Å². The van der Waals surface area contributed by atoms with Crippen LogP contribution in [0.1, 0.15) is 25.3 Å². The fourth-order valence-electron chi connectivity index (χ4n) is 2.27. The Bertz CT molecular complexity index is 537. The van der Waals surface area contributed by atoms with E-state index in [2.05, 4.69) is 48.5 Å². The van der Waals surface area contributed by atoms with Gasteiger partial charge in [-0.2, -0.15) is 0 Å². The molecule has 1 N–H and O–H groups in total. The lowest BCUT2D eigenvalue weighted by atomic mass is 10.1. The summed E-state index contributed by atoms with van der Waals surface area (Å²) in [6.07, 6.45) is 2.41. The van der Waals surface area contributed by atoms with Crippen molar-refractivity contribution in [1.29, 1.82) is 0 Å². The average Bonchev–Trinajstić information content (AvgIpc) is 2.45. The van der Waals surface area contributed by atoms with Gasteiger partial charge in [0.2, 0.25) is 0 Å². The summed E-state index contributed by atoms with van der Waals surface area (Å²) in [6, 6.07) is 10.6. The maximum Gasteiger partial charge on any atom is 0.129 e. The highest BCUT2D eigenvalue weighted by Gasteiger charge is 2.08. The van der Waals surface area contributed by atoms with Gasteiger partial charge in [0, 0.05) is 25.5 Å². The molecule has 0 saturated heterocycles. The second kappa shape index (κ2) is 6.53. The average molecular weight is 257 g/mol. The van der Waals surface area contributed by atoms with Gasteiger partial charge in [0.25, 0.3) is 0 Å². The number of aromatic nitrogens is 1. The minimum absolute atomic E-state index is 0.873. The number of nitrogens with zero attached hydrogens (tertiary/aromatic N) is 2. The Hall–Kier alpha value is -1.61. The van der Waals surface area contributed by atoms with Gasteiger partial charge < -0.3 is 10.2 Å². The third-order valence-corrected chi connectivity index (χ3v) is 3.39. The third kappa shape index (κ3) is 3.24. The lowest BCUT2D eigenvalue weighted by Crippen LogP contribution is -2.20. The molecule has 0 aliphatic heterocycles. The molecule has 19 heavy (non-hydrogen) atoms. The molecule has 0 unspecified atom stereocenters. The second-order valence-corrected chi connectivity index (χ2v) is 4.96. The number of hydrogen-bond acceptors (Lipinski definition) is 3. The van der Waals surface area contributed by atoms with Crippen molar-refractivity contribution in [3.8, 4) is 0 Å². The van der Waals surface area contributed by atoms with Gasteiger partial charge in [-0.05, 0) is 31.2 Å². The summed E-state index contributed by atoms with van der Waals surface area (Å²) in [5, 5.41) is 4.48. The van der Waals surface area contributed by atoms with E-state index in [0.717, 1.165) is 24.4 Å². The summed E-state index contributed by atoms with van der Waals surface area (Å²) in [5.74, 6) is 1.07. The highest BCUT2D eigenvalue weighted by Crippen LogP contribution is 2.22. The van der Waals surface area contributed by atoms with E-state index < -0.39 is 0 Å². The van der Waals surface area contributed by atoms with Gasteiger partial charge in [0.05, 0.1) is 5.52 Å². The van der Waals surface area contributed by atoms with E-state index in [9.17, 15) is 0 Å². The van der Waals surface area contributed by atoms with Crippen molar-refractivity contribution in [2.45, 2.75) is 26.3 Å². The molecule has 1 aromatic heterocycles. The zero-order chi connectivity index (χ0) is 13.7. The van der Waals surface area contributed by atoms with Crippen molar-refractivity contribution in [3.05, 3.63) is 35.9 Å². The molecule has 0 amide bonds. The molecule has 1 aromatic carbocycles. The maximum atomic E-state index is 4.77. The Labute approximate surface area is 115 Å². The first kappa shape index (κ1) is 13.8. The largest absolute Gasteiger partial charge is 0.360 e. The smallest absolute Gasteiger partial charge is 0.129 e. The molecule has 2 aromatic rings. The molecule has 0 aliphatic rings. The normalized spacial score (nSPS) is 10.9. The molecule has 0 fully saturated rings. The number of fused-ring (bicyclic) bond motifs is 1. The van der Waals surface area contributed by atoms with Gasteiger partial charge in [-0.3, -0.25) is 0 Å². The van der Waals surface area contributed by atoms with Gasteiger partial charge in [-0.15, -0.1) is 0 Å². The monoisotopic (exact) mass is 257 g/mol. The van der Waals surface area contributed by atoms with Gasteiger partial charge in [-0.1, -0.05) is 31.5 Å². The van der Waals surface area contributed by atoms with Crippen molar-refractivity contribution in [2.24, 2.45) is 0 Å². The van der Waals surface area contributed by atoms with Crippen LogP contribution in [0.2, 0.25) is 0 Å². The van der Waals surface area contributed by atoms with Crippen LogP contribution in [0.5, 0.6) is 0 Å². The quantitative estimate of drug-likeness (QED) is 0.861. The van der Waals surface area contributed by atoms with Gasteiger partial charge in [0.15, 0.2) is 0 Å². The molecule has 3 nitrogen and oxygen atoms in total. The van der Waals surface area contributed by atoms with Crippen molar-refractivity contribution >= 4 is 16.7 Å². The van der Waals surface area contributed by atoms with Crippen LogP contribution in [0.3, 0.4) is 0 Å². The topological polar surface area (TPSA) is 28.2 Å². The molecule has 0 bridgehead atoms. The molecule has 2 rings (SSSR count). The summed E-state index contributed by atoms with van der Waals surface area (Å²) in [4.78, 5) is 7.01. The molecule has 0 radical (unpaired) electrons. The van der Waals surface area contributed by atoms with Gasteiger partial charge >= 0.3 is 0 Å². The second-order valence-electron chi connectivity index (χ2n) is 4.96. The third-order valence-electron chi connectivity index (χ3n) is 3.39. The van der Waals surface area contributed by atoms with E-state index >= 15 is 0 Å². The molecule has 0 spiro atoms. The zero-order valence-corrected chi connectivity index (χ0v) is 12.1. The fourth-order valence-corrected chi connectivity index (χ4v) is 2.27. The highest BCUT2D eigenvalue weighted by molar-refractivity contribution is 5.84. The number of hydrogen-bond donors (Lipinski definition) is 1. The number of unbranched alkanes of at least 4 members (excludes halogenated alkanes) is 1. The lowest BCUT2D eigenvalue weighted by Gasteiger charge is -2.19. The lowest BCUT2D eigenvalue weighted by molar-refractivity contribution is 0.758. The van der Waals surface area contributed by atoms with Crippen LogP contribution < -0.4 is 10.2 Å². The number of anilines is 1. The zero-order valence-electron chi connectivity index (χ0n) is 12.1. The fraction of sp³-hybridized carbons (Fsp3) is 0.438. The molecular formula is C16H23N3. The summed E-state index contributed by atoms with van der Waals surface area (Å²) < 4.78 is 0. The molecule has 0 saturated carbocycles. The molecule has 0 atom stereocenters. The van der Waals surface area contributed by atoms with E-state index in [1.54, 1.807) is 0 Å². The molecule has 1 heterocycles. The Morgan fingerprint density at radius 2 is 2.05 bits per heavy atom. The van der Waals surface area contributed by atoms with Crippen LogP contribution in [0.25, 0.3) is 10.9 Å². The Kier molecular flexibility index (Phi) is 4.74. The van der Waals surface area contributed by atoms with Crippen molar-refractivity contribution in [2.75, 3.05) is 25.5 Å². The summed E-state index contributed by atoms with van der Waals surface area (Å²) in [5.41, 5.74) is 2.39. The maximum absolute atomic E-state index is 4.77. The van der Waals surface area contributed by atoms with Crippen LogP contribution in [0.15, 0.2) is 30.3 Å². The van der Waals surface area contributed by atoms with E-state index in [-0.39, 0.29) is 0 Å². The Morgan fingerprint density at radius 1 is 1.26 bits per heavy atom. The summed E-state index contributed by atoms with van der Waals surface area (Å²) >= 11 is 0. The Balaban J connectivity index is 2.39. The minimum atomic E-state index is 0.873. The molecule has 102 valence electrons. The van der Waals surface area contributed by atoms with E-state index in [0.29, 0.717) is 0 Å². The van der Waals surface area contributed by atoms with Crippen LogP contribution in [0.4, 0.5) is 5.82 Å². The predicted octanol–water partition coefficient (Wildman–Crippen LogP) is 3.19. The van der Waals surface area contributed by atoms with Crippen LogP contribution in [0, 0.1) is 0 Å². The standard InChI is InChI=1S/C16H23N3/c1-4-5-10-19(3)16-11-13(12-17-2)14-8-6-7-9-15(14)18-16/h6-9,11,17H,4-5,10,12H2,1-3H3. The van der Waals surface area contributed by atoms with Crippen LogP contribution >= 0.6 is 0 Å². The number of nitrogens with one attached hydrogen (secondary N) is 1. The first-order chi connectivity index (χ1) is 9.26. The summed E-state index contributed by atoms with van der Waals surface area (Å²) in [7, 11) is 4.10. The number of pyridine rings is 1. The number of benzene rings is 1. The molecular weight excluding hydrogens is 234 g/mol. The van der Waals surface area contributed by atoms with Gasteiger partial charge in [0.1, 0.15) is 5.82 Å². The minimum Gasteiger partial charge on any atom is -0.360 e. The van der Waals surface area contributed by atoms with E-state index in [1.807, 2.05) is 13.1 Å². The SMILES string of the molecule is CCCCN(C)c1cc(CNC)c2ccccc2n1. The Morgan fingerprint density at radius 3 is 2.79 bits per heavy atom. The van der Waals surface area contributed by atoms with Crippen LogP contribution in [-0.4, -0.2) is 25.6 Å². The highest BCUT2D eigenvalue weighted by atomic mass is 15.2. The van der Waals surface area contributed by atoms with E-state index in [4.69, 9.17) is 4.98 Å². The van der Waals surface area contributed by atoms with Gasteiger partial charge in [-0.25, -0.2) is 4.98 Å². The van der Waals surface area contributed by atoms with Crippen molar-refractivity contribution < 1.29 is 0 Å². The first-order valence-electron chi connectivity index (χ1n) is 7.00. The molecule has 0 aliphatic carbocycles.